The predicted molar refractivity (Wildman–Crippen MR) is 65.4 cm³/mol. The van der Waals surface area contributed by atoms with Gasteiger partial charge in [0.15, 0.2) is 0 Å². The fraction of sp³-hybridized carbons (Fsp3) is 0.182. The zero-order valence-corrected chi connectivity index (χ0v) is 10.4. The van der Waals surface area contributed by atoms with E-state index in [-0.39, 0.29) is 23.6 Å². The number of benzene rings is 1. The van der Waals surface area contributed by atoms with Crippen molar-refractivity contribution in [3.8, 4) is 5.75 Å². The number of hydrogen-bond acceptors (Lipinski definition) is 6. The summed E-state index contributed by atoms with van der Waals surface area (Å²) in [6.07, 6.45) is 1.62. The Morgan fingerprint density at radius 2 is 2.30 bits per heavy atom. The van der Waals surface area contributed by atoms with E-state index in [1.165, 1.54) is 16.8 Å². The molecular formula is C11H10N4O5. The van der Waals surface area contributed by atoms with Crippen LogP contribution >= 0.6 is 0 Å². The lowest BCUT2D eigenvalue weighted by Crippen LogP contribution is -2.04. The maximum Gasteiger partial charge on any atom is 0.339 e. The van der Waals surface area contributed by atoms with Crippen LogP contribution in [-0.4, -0.2) is 31.0 Å². The van der Waals surface area contributed by atoms with Gasteiger partial charge in [0.25, 0.3) is 5.69 Å². The molecule has 0 fully saturated rings. The van der Waals surface area contributed by atoms with Gasteiger partial charge in [0.05, 0.1) is 11.1 Å². The smallest absolute Gasteiger partial charge is 0.339 e. The van der Waals surface area contributed by atoms with Crippen LogP contribution in [0.3, 0.4) is 0 Å². The first kappa shape index (κ1) is 13.5. The second kappa shape index (κ2) is 5.34. The molecule has 2 rings (SSSR count). The lowest BCUT2D eigenvalue weighted by atomic mass is 10.2. The number of aromatic nitrogens is 3. The molecule has 1 N–H and O–H groups in total. The van der Waals surface area contributed by atoms with Gasteiger partial charge in [0, 0.05) is 19.2 Å². The number of hydrogen-bond donors (Lipinski definition) is 1. The molecule has 9 nitrogen and oxygen atoms in total. The average molecular weight is 278 g/mol. The fourth-order valence-corrected chi connectivity index (χ4v) is 1.54. The number of nitrogens with zero attached hydrogens (tertiary/aromatic N) is 4. The van der Waals surface area contributed by atoms with Crippen molar-refractivity contribution in [2.45, 2.75) is 6.61 Å². The molecular weight excluding hydrogens is 268 g/mol. The lowest BCUT2D eigenvalue weighted by Gasteiger charge is -2.07. The van der Waals surface area contributed by atoms with Crippen LogP contribution in [0.4, 0.5) is 5.69 Å². The first-order valence-electron chi connectivity index (χ1n) is 5.47. The highest BCUT2D eigenvalue weighted by atomic mass is 16.6. The SMILES string of the molecule is Cn1cc(COc2ccc([N+](=O)[O-])cc2C(=O)O)nn1. The van der Waals surface area contributed by atoms with E-state index >= 15 is 0 Å². The number of rotatable bonds is 5. The van der Waals surface area contributed by atoms with Gasteiger partial charge in [-0.25, -0.2) is 4.79 Å². The highest BCUT2D eigenvalue weighted by Gasteiger charge is 2.17. The number of nitro benzene ring substituents is 1. The number of aryl methyl sites for hydroxylation is 1. The maximum absolute atomic E-state index is 11.1. The molecule has 0 saturated carbocycles. The minimum atomic E-state index is -1.30. The zero-order valence-electron chi connectivity index (χ0n) is 10.4. The van der Waals surface area contributed by atoms with E-state index in [4.69, 9.17) is 9.84 Å². The third kappa shape index (κ3) is 2.88. The molecule has 0 saturated heterocycles. The summed E-state index contributed by atoms with van der Waals surface area (Å²) >= 11 is 0. The van der Waals surface area contributed by atoms with E-state index in [9.17, 15) is 14.9 Å². The van der Waals surface area contributed by atoms with Gasteiger partial charge in [-0.2, -0.15) is 0 Å². The first-order chi connectivity index (χ1) is 9.47. The summed E-state index contributed by atoms with van der Waals surface area (Å²) in [5, 5.41) is 27.1. The summed E-state index contributed by atoms with van der Waals surface area (Å²) in [7, 11) is 1.69. The van der Waals surface area contributed by atoms with Crippen LogP contribution in [0.1, 0.15) is 16.1 Å². The highest BCUT2D eigenvalue weighted by Crippen LogP contribution is 2.24. The standard InChI is InChI=1S/C11H10N4O5/c1-14-5-7(12-13-14)6-20-10-3-2-8(15(18)19)4-9(10)11(16)17/h2-5H,6H2,1H3,(H,16,17). The summed E-state index contributed by atoms with van der Waals surface area (Å²) in [5.41, 5.74) is -0.0699. The van der Waals surface area contributed by atoms with Gasteiger partial charge in [-0.15, -0.1) is 5.10 Å². The largest absolute Gasteiger partial charge is 0.486 e. The summed E-state index contributed by atoms with van der Waals surface area (Å²) < 4.78 is 6.79. The van der Waals surface area contributed by atoms with E-state index in [0.29, 0.717) is 5.69 Å². The van der Waals surface area contributed by atoms with E-state index in [1.54, 1.807) is 13.2 Å². The molecule has 104 valence electrons. The number of non-ortho nitro benzene ring substituents is 1. The van der Waals surface area contributed by atoms with Crippen LogP contribution in [0.5, 0.6) is 5.75 Å². The Hall–Kier alpha value is -2.97. The minimum Gasteiger partial charge on any atom is -0.486 e. The van der Waals surface area contributed by atoms with Crippen LogP contribution < -0.4 is 4.74 Å². The predicted octanol–water partition coefficient (Wildman–Crippen LogP) is 1.00. The van der Waals surface area contributed by atoms with Gasteiger partial charge in [-0.1, -0.05) is 5.21 Å². The Kier molecular flexibility index (Phi) is 3.60. The molecule has 2 aromatic rings. The second-order valence-corrected chi connectivity index (χ2v) is 3.91. The number of nitro groups is 1. The topological polar surface area (TPSA) is 120 Å². The molecule has 0 aliphatic rings. The van der Waals surface area contributed by atoms with Gasteiger partial charge in [-0.05, 0) is 6.07 Å². The summed E-state index contributed by atoms with van der Waals surface area (Å²) in [5.74, 6) is -1.27. The molecule has 0 aliphatic carbocycles. The Balaban J connectivity index is 2.22. The van der Waals surface area contributed by atoms with Gasteiger partial charge < -0.3 is 9.84 Å². The molecule has 0 amide bonds. The molecule has 0 aliphatic heterocycles. The zero-order chi connectivity index (χ0) is 14.7. The van der Waals surface area contributed by atoms with Crippen molar-refractivity contribution in [2.24, 2.45) is 7.05 Å². The van der Waals surface area contributed by atoms with Crippen LogP contribution in [0, 0.1) is 10.1 Å². The van der Waals surface area contributed by atoms with Crippen LogP contribution in [-0.2, 0) is 13.7 Å². The van der Waals surface area contributed by atoms with E-state index in [0.717, 1.165) is 6.07 Å². The molecule has 1 heterocycles. The van der Waals surface area contributed by atoms with Crippen molar-refractivity contribution in [3.05, 3.63) is 45.8 Å². The van der Waals surface area contributed by atoms with Crippen LogP contribution in [0.15, 0.2) is 24.4 Å². The molecule has 1 aromatic carbocycles. The molecule has 1 aromatic heterocycles. The van der Waals surface area contributed by atoms with E-state index in [1.807, 2.05) is 0 Å². The van der Waals surface area contributed by atoms with Crippen molar-refractivity contribution in [3.63, 3.8) is 0 Å². The number of carboxylic acids is 1. The van der Waals surface area contributed by atoms with Crippen LogP contribution in [0.2, 0.25) is 0 Å². The van der Waals surface area contributed by atoms with Crippen molar-refractivity contribution < 1.29 is 19.6 Å². The number of ether oxygens (including phenoxy) is 1. The quantitative estimate of drug-likeness (QED) is 0.639. The number of aromatic carboxylic acids is 1. The van der Waals surface area contributed by atoms with Gasteiger partial charge in [0.1, 0.15) is 23.6 Å². The fourth-order valence-electron chi connectivity index (χ4n) is 1.54. The highest BCUT2D eigenvalue weighted by molar-refractivity contribution is 5.91. The van der Waals surface area contributed by atoms with Gasteiger partial charge >= 0.3 is 5.97 Å². The van der Waals surface area contributed by atoms with Crippen LogP contribution in [0.25, 0.3) is 0 Å². The molecule has 20 heavy (non-hydrogen) atoms. The average Bonchev–Trinajstić information content (AvgIpc) is 2.81. The third-order valence-corrected chi connectivity index (χ3v) is 2.43. The Morgan fingerprint density at radius 3 is 2.85 bits per heavy atom. The minimum absolute atomic E-state index is 0.0198. The second-order valence-electron chi connectivity index (χ2n) is 3.91. The van der Waals surface area contributed by atoms with Crippen molar-refractivity contribution in [1.29, 1.82) is 0 Å². The molecule has 0 unspecified atom stereocenters. The molecule has 0 bridgehead atoms. The van der Waals surface area contributed by atoms with Crippen molar-refractivity contribution in [1.82, 2.24) is 15.0 Å². The Morgan fingerprint density at radius 1 is 1.55 bits per heavy atom. The molecule has 9 heteroatoms. The van der Waals surface area contributed by atoms with Gasteiger partial charge in [-0.3, -0.25) is 14.8 Å². The Labute approximate surface area is 112 Å². The molecule has 0 radical (unpaired) electrons. The summed E-state index contributed by atoms with van der Waals surface area (Å²) in [4.78, 5) is 21.0. The van der Waals surface area contributed by atoms with E-state index in [2.05, 4.69) is 10.3 Å². The number of carbonyl (C=O) groups is 1. The van der Waals surface area contributed by atoms with Crippen molar-refractivity contribution in [2.75, 3.05) is 0 Å². The molecule has 0 atom stereocenters. The summed E-state index contributed by atoms with van der Waals surface area (Å²) in [6, 6.07) is 3.38. The lowest BCUT2D eigenvalue weighted by molar-refractivity contribution is -0.384. The third-order valence-electron chi connectivity index (χ3n) is 2.43. The van der Waals surface area contributed by atoms with Gasteiger partial charge in [0.2, 0.25) is 0 Å². The Bertz CT molecular complexity index is 667. The normalized spacial score (nSPS) is 10.2. The van der Waals surface area contributed by atoms with E-state index < -0.39 is 10.9 Å². The van der Waals surface area contributed by atoms with Crippen molar-refractivity contribution >= 4 is 11.7 Å². The summed E-state index contributed by atoms with van der Waals surface area (Å²) in [6.45, 7) is 0.0198. The monoisotopic (exact) mass is 278 g/mol. The number of carboxylic acid groups (broad SMARTS) is 1. The first-order valence-corrected chi connectivity index (χ1v) is 5.47. The maximum atomic E-state index is 11.1. The molecule has 0 spiro atoms.